The summed E-state index contributed by atoms with van der Waals surface area (Å²) >= 11 is 3.47. The van der Waals surface area contributed by atoms with E-state index in [0.717, 1.165) is 41.8 Å². The highest BCUT2D eigenvalue weighted by Crippen LogP contribution is 2.22. The first-order valence-corrected chi connectivity index (χ1v) is 10.1. The Kier molecular flexibility index (Phi) is 5.66. The third-order valence-corrected chi connectivity index (χ3v) is 5.18. The summed E-state index contributed by atoms with van der Waals surface area (Å²) in [5.74, 6) is 0.774. The van der Waals surface area contributed by atoms with E-state index >= 15 is 0 Å². The van der Waals surface area contributed by atoms with Crippen LogP contribution in [-0.2, 0) is 6.54 Å². The van der Waals surface area contributed by atoms with Gasteiger partial charge in [0.1, 0.15) is 12.1 Å². The molecule has 3 heterocycles. The van der Waals surface area contributed by atoms with Crippen LogP contribution < -0.4 is 10.2 Å². The maximum absolute atomic E-state index is 12.8. The summed E-state index contributed by atoms with van der Waals surface area (Å²) in [6, 6.07) is 11.6. The van der Waals surface area contributed by atoms with Gasteiger partial charge in [0.15, 0.2) is 0 Å². The number of rotatable bonds is 5. The maximum atomic E-state index is 12.8. The zero-order chi connectivity index (χ0) is 19.3. The van der Waals surface area contributed by atoms with Gasteiger partial charge in [-0.3, -0.25) is 10.1 Å². The number of hydrogen-bond acceptors (Lipinski definition) is 5. The highest BCUT2D eigenvalue weighted by molar-refractivity contribution is 9.10. The molecule has 3 aromatic rings. The van der Waals surface area contributed by atoms with Crippen molar-refractivity contribution in [1.29, 1.82) is 0 Å². The van der Waals surface area contributed by atoms with Gasteiger partial charge in [-0.05, 0) is 49.1 Å². The molecular formula is C20H21BrN6O. The van der Waals surface area contributed by atoms with Crippen LogP contribution in [0.1, 0.15) is 35.2 Å². The molecule has 28 heavy (non-hydrogen) atoms. The fourth-order valence-corrected chi connectivity index (χ4v) is 3.80. The SMILES string of the molecule is O=C(Nc1ncn(Cc2cccc(Br)c2)n1)c1cccnc1N1CCCCC1. The topological polar surface area (TPSA) is 75.9 Å². The van der Waals surface area contributed by atoms with Gasteiger partial charge in [0.2, 0.25) is 5.95 Å². The number of nitrogens with one attached hydrogen (secondary N) is 1. The Morgan fingerprint density at radius 3 is 2.79 bits per heavy atom. The van der Waals surface area contributed by atoms with Gasteiger partial charge in [0.25, 0.3) is 5.91 Å². The summed E-state index contributed by atoms with van der Waals surface area (Å²) in [5.41, 5.74) is 1.64. The van der Waals surface area contributed by atoms with E-state index in [-0.39, 0.29) is 11.9 Å². The molecule has 4 rings (SSSR count). The van der Waals surface area contributed by atoms with Gasteiger partial charge < -0.3 is 4.90 Å². The smallest absolute Gasteiger partial charge is 0.261 e. The van der Waals surface area contributed by atoms with Crippen molar-refractivity contribution in [3.63, 3.8) is 0 Å². The van der Waals surface area contributed by atoms with Gasteiger partial charge in [-0.1, -0.05) is 28.1 Å². The molecule has 1 fully saturated rings. The van der Waals surface area contributed by atoms with Crippen molar-refractivity contribution in [2.75, 3.05) is 23.3 Å². The molecule has 0 bridgehead atoms. The van der Waals surface area contributed by atoms with Crippen LogP contribution in [0.3, 0.4) is 0 Å². The lowest BCUT2D eigenvalue weighted by Gasteiger charge is -2.28. The molecule has 1 aliphatic rings. The molecule has 1 saturated heterocycles. The van der Waals surface area contributed by atoms with Gasteiger partial charge in [-0.15, -0.1) is 5.10 Å². The summed E-state index contributed by atoms with van der Waals surface area (Å²) in [4.78, 5) is 23.7. The molecule has 0 unspecified atom stereocenters. The van der Waals surface area contributed by atoms with Crippen LogP contribution in [0.25, 0.3) is 0 Å². The van der Waals surface area contributed by atoms with Crippen molar-refractivity contribution in [3.05, 3.63) is 64.5 Å². The van der Waals surface area contributed by atoms with Crippen LogP contribution in [0.2, 0.25) is 0 Å². The monoisotopic (exact) mass is 440 g/mol. The number of benzene rings is 1. The summed E-state index contributed by atoms with van der Waals surface area (Å²) in [6.45, 7) is 2.43. The summed E-state index contributed by atoms with van der Waals surface area (Å²) in [5, 5.41) is 7.16. The fourth-order valence-electron chi connectivity index (χ4n) is 3.35. The van der Waals surface area contributed by atoms with Gasteiger partial charge >= 0.3 is 0 Å². The minimum absolute atomic E-state index is 0.242. The second-order valence-electron chi connectivity index (χ2n) is 6.77. The molecule has 1 amide bonds. The minimum Gasteiger partial charge on any atom is -0.356 e. The van der Waals surface area contributed by atoms with Gasteiger partial charge in [-0.25, -0.2) is 14.6 Å². The van der Waals surface area contributed by atoms with E-state index in [1.807, 2.05) is 24.3 Å². The predicted molar refractivity (Wildman–Crippen MR) is 112 cm³/mol. The van der Waals surface area contributed by atoms with E-state index in [4.69, 9.17) is 0 Å². The first-order valence-electron chi connectivity index (χ1n) is 9.34. The molecule has 2 aromatic heterocycles. The first-order chi connectivity index (χ1) is 13.7. The summed E-state index contributed by atoms with van der Waals surface area (Å²) in [6.07, 6.45) is 6.82. The number of carbonyl (C=O) groups excluding carboxylic acids is 1. The standard InChI is InChI=1S/C20H21BrN6O/c21-16-7-4-6-15(12-16)13-27-14-23-20(25-27)24-19(28)17-8-5-9-22-18(17)26-10-2-1-3-11-26/h4-9,12,14H,1-3,10-11,13H2,(H,24,25,28). The Bertz CT molecular complexity index is 967. The van der Waals surface area contributed by atoms with Gasteiger partial charge in [-0.2, -0.15) is 0 Å². The third kappa shape index (κ3) is 4.39. The van der Waals surface area contributed by atoms with Crippen LogP contribution in [0.15, 0.2) is 53.4 Å². The molecule has 7 nitrogen and oxygen atoms in total. The molecule has 0 atom stereocenters. The second-order valence-corrected chi connectivity index (χ2v) is 7.69. The number of anilines is 2. The number of aromatic nitrogens is 4. The number of hydrogen-bond donors (Lipinski definition) is 1. The van der Waals surface area contributed by atoms with Crippen molar-refractivity contribution < 1.29 is 4.79 Å². The van der Waals surface area contributed by atoms with E-state index in [1.54, 1.807) is 29.3 Å². The quantitative estimate of drug-likeness (QED) is 0.653. The minimum atomic E-state index is -0.242. The van der Waals surface area contributed by atoms with E-state index in [9.17, 15) is 4.79 Å². The van der Waals surface area contributed by atoms with E-state index in [0.29, 0.717) is 12.1 Å². The summed E-state index contributed by atoms with van der Waals surface area (Å²) in [7, 11) is 0. The number of nitrogens with zero attached hydrogens (tertiary/aromatic N) is 5. The number of carbonyl (C=O) groups is 1. The molecular weight excluding hydrogens is 420 g/mol. The fraction of sp³-hybridized carbons (Fsp3) is 0.300. The van der Waals surface area contributed by atoms with Gasteiger partial charge in [0, 0.05) is 23.8 Å². The average molecular weight is 441 g/mol. The van der Waals surface area contributed by atoms with Crippen LogP contribution in [0.4, 0.5) is 11.8 Å². The van der Waals surface area contributed by atoms with E-state index in [2.05, 4.69) is 41.2 Å². The molecule has 8 heteroatoms. The highest BCUT2D eigenvalue weighted by atomic mass is 79.9. The zero-order valence-corrected chi connectivity index (χ0v) is 17.0. The van der Waals surface area contributed by atoms with Crippen molar-refractivity contribution in [2.24, 2.45) is 0 Å². The molecule has 0 aliphatic carbocycles. The molecule has 1 aliphatic heterocycles. The second kappa shape index (κ2) is 8.52. The number of piperidine rings is 1. The van der Waals surface area contributed by atoms with E-state index < -0.39 is 0 Å². The van der Waals surface area contributed by atoms with Crippen LogP contribution in [0.5, 0.6) is 0 Å². The average Bonchev–Trinajstić information content (AvgIpc) is 3.15. The number of amides is 1. The van der Waals surface area contributed by atoms with Crippen molar-refractivity contribution in [3.8, 4) is 0 Å². The lowest BCUT2D eigenvalue weighted by Crippen LogP contribution is -2.32. The molecule has 0 spiro atoms. The Labute approximate surface area is 171 Å². The molecule has 1 N–H and O–H groups in total. The van der Waals surface area contributed by atoms with Crippen LogP contribution in [0, 0.1) is 0 Å². The van der Waals surface area contributed by atoms with Crippen molar-refractivity contribution in [1.82, 2.24) is 19.7 Å². The lowest BCUT2D eigenvalue weighted by atomic mass is 10.1. The van der Waals surface area contributed by atoms with Gasteiger partial charge in [0.05, 0.1) is 12.1 Å². The Hall–Kier alpha value is -2.74. The molecule has 1 aromatic carbocycles. The van der Waals surface area contributed by atoms with E-state index in [1.165, 1.54) is 6.42 Å². The summed E-state index contributed by atoms with van der Waals surface area (Å²) < 4.78 is 2.71. The first kappa shape index (κ1) is 18.6. The lowest BCUT2D eigenvalue weighted by molar-refractivity contribution is 0.102. The Balaban J connectivity index is 1.47. The third-order valence-electron chi connectivity index (χ3n) is 4.68. The van der Waals surface area contributed by atoms with Crippen molar-refractivity contribution in [2.45, 2.75) is 25.8 Å². The zero-order valence-electron chi connectivity index (χ0n) is 15.4. The predicted octanol–water partition coefficient (Wildman–Crippen LogP) is 3.73. The molecule has 144 valence electrons. The normalized spacial score (nSPS) is 14.1. The van der Waals surface area contributed by atoms with Crippen LogP contribution >= 0.6 is 15.9 Å². The largest absolute Gasteiger partial charge is 0.356 e. The van der Waals surface area contributed by atoms with Crippen molar-refractivity contribution >= 4 is 33.6 Å². The molecule has 0 saturated carbocycles. The number of pyridine rings is 1. The Morgan fingerprint density at radius 1 is 1.11 bits per heavy atom. The number of halogens is 1. The van der Waals surface area contributed by atoms with Crippen LogP contribution in [-0.4, -0.2) is 38.7 Å². The highest BCUT2D eigenvalue weighted by Gasteiger charge is 2.20. The molecule has 0 radical (unpaired) electrons. The Morgan fingerprint density at radius 2 is 1.96 bits per heavy atom. The maximum Gasteiger partial charge on any atom is 0.261 e.